The molecule has 0 aliphatic carbocycles. The van der Waals surface area contributed by atoms with Crippen LogP contribution in [-0.4, -0.2) is 11.4 Å². The van der Waals surface area contributed by atoms with Crippen molar-refractivity contribution in [2.75, 3.05) is 0 Å². The van der Waals surface area contributed by atoms with Crippen LogP contribution in [0.3, 0.4) is 0 Å². The van der Waals surface area contributed by atoms with E-state index < -0.39 is 0 Å². The molecule has 0 aliphatic rings. The van der Waals surface area contributed by atoms with Crippen LogP contribution in [0.2, 0.25) is 0 Å². The second-order valence-corrected chi connectivity index (χ2v) is 10.3. The van der Waals surface area contributed by atoms with E-state index in [0.717, 1.165) is 73.3 Å². The van der Waals surface area contributed by atoms with E-state index in [1.165, 1.54) is 38.2 Å². The minimum absolute atomic E-state index is 0. The van der Waals surface area contributed by atoms with Crippen molar-refractivity contribution in [3.8, 4) is 11.5 Å². The first-order valence-electron chi connectivity index (χ1n) is 15.2. The van der Waals surface area contributed by atoms with Crippen LogP contribution in [0, 0.1) is 6.92 Å². The summed E-state index contributed by atoms with van der Waals surface area (Å²) in [6.45, 7) is 8.50. The molecule has 224 valence electrons. The molecule has 0 unspecified atom stereocenters. The molecule has 4 nitrogen and oxygen atoms in total. The van der Waals surface area contributed by atoms with Gasteiger partial charge in [0.05, 0.1) is 22.8 Å². The third kappa shape index (κ3) is 14.0. The summed E-state index contributed by atoms with van der Waals surface area (Å²) in [7, 11) is 0. The second kappa shape index (κ2) is 21.8. The SMILES string of the molecule is CCCCCCC(=Nc1ccccc1)C(CCCC)=Nc1ccccc1.CCCCCc1c(C)ccc([O-])c1[O-].[Ni+2]. The molecule has 0 spiro atoms. The van der Waals surface area contributed by atoms with Crippen molar-refractivity contribution in [2.45, 2.75) is 105 Å². The Kier molecular flexibility index (Phi) is 19.2. The first-order chi connectivity index (χ1) is 19.5. The standard InChI is InChI=1S/C24H32N2.C12H18O2.Ni/c1-3-5-7-14-20-24(26-22-17-12-9-13-18-22)23(19-6-4-2)25-21-15-10-8-11-16-21;1-3-4-5-6-10-9(2)7-8-11(13)12(10)14;/h8-13,15-18H,3-7,14,19-20H2,1-2H3;7-8,13-14H,3-6H2,1-2H3;/q;;+2/p-2. The Morgan fingerprint density at radius 1 is 0.585 bits per heavy atom. The third-order valence-corrected chi connectivity index (χ3v) is 6.90. The molecule has 0 N–H and O–H groups in total. The molecule has 0 amide bonds. The van der Waals surface area contributed by atoms with E-state index in [0.29, 0.717) is 5.56 Å². The molecule has 0 atom stereocenters. The fourth-order valence-electron chi connectivity index (χ4n) is 4.48. The van der Waals surface area contributed by atoms with Gasteiger partial charge in [0.25, 0.3) is 0 Å². The zero-order valence-electron chi connectivity index (χ0n) is 25.4. The molecular weight excluding hydrogens is 551 g/mol. The molecule has 3 rings (SSSR count). The van der Waals surface area contributed by atoms with E-state index in [1.807, 2.05) is 43.3 Å². The zero-order chi connectivity index (χ0) is 29.0. The summed E-state index contributed by atoms with van der Waals surface area (Å²) in [6, 6.07) is 23.7. The number of benzene rings is 3. The minimum Gasteiger partial charge on any atom is -0.873 e. The van der Waals surface area contributed by atoms with Crippen LogP contribution in [0.4, 0.5) is 11.4 Å². The monoisotopic (exact) mass is 598 g/mol. The van der Waals surface area contributed by atoms with Crippen LogP contribution in [-0.2, 0) is 22.9 Å². The van der Waals surface area contributed by atoms with Crippen LogP contribution in [0.15, 0.2) is 82.8 Å². The number of nitrogens with zero attached hydrogens (tertiary/aromatic N) is 2. The first kappa shape index (κ1) is 36.1. The number of rotatable bonds is 15. The molecule has 3 aromatic rings. The van der Waals surface area contributed by atoms with Crippen LogP contribution in [0.1, 0.15) is 103 Å². The quantitative estimate of drug-likeness (QED) is 0.0992. The van der Waals surface area contributed by atoms with Gasteiger partial charge in [-0.05, 0) is 75.3 Å². The molecule has 3 aromatic carbocycles. The Balaban J connectivity index is 0.000000475. The van der Waals surface area contributed by atoms with Gasteiger partial charge in [0.2, 0.25) is 0 Å². The van der Waals surface area contributed by atoms with Gasteiger partial charge in [-0.15, -0.1) is 11.5 Å². The number of para-hydroxylation sites is 2. The maximum absolute atomic E-state index is 11.5. The number of hydrogen-bond acceptors (Lipinski definition) is 4. The van der Waals surface area contributed by atoms with Crippen molar-refractivity contribution < 1.29 is 26.7 Å². The smallest absolute Gasteiger partial charge is 0.873 e. The van der Waals surface area contributed by atoms with Crippen LogP contribution < -0.4 is 10.2 Å². The summed E-state index contributed by atoms with van der Waals surface area (Å²) in [6.07, 6.45) is 13.3. The number of unbranched alkanes of at least 4 members (excludes halogenated alkanes) is 6. The van der Waals surface area contributed by atoms with Crippen LogP contribution in [0.5, 0.6) is 11.5 Å². The number of aliphatic imine (C=N–C) groups is 2. The molecule has 0 fully saturated rings. The molecule has 41 heavy (non-hydrogen) atoms. The predicted octanol–water partition coefficient (Wildman–Crippen LogP) is 9.56. The maximum Gasteiger partial charge on any atom is 2.00 e. The Morgan fingerprint density at radius 2 is 1.07 bits per heavy atom. The van der Waals surface area contributed by atoms with Crippen molar-refractivity contribution in [1.82, 2.24) is 0 Å². The average molecular weight is 599 g/mol. The fraction of sp³-hybridized carbons (Fsp3) is 0.444. The molecule has 0 aromatic heterocycles. The third-order valence-electron chi connectivity index (χ3n) is 6.90. The van der Waals surface area contributed by atoms with E-state index in [4.69, 9.17) is 9.98 Å². The Labute approximate surface area is 259 Å². The number of hydrogen-bond donors (Lipinski definition) is 0. The summed E-state index contributed by atoms with van der Waals surface area (Å²) >= 11 is 0. The molecule has 0 saturated heterocycles. The Bertz CT molecular complexity index is 1160. The summed E-state index contributed by atoms with van der Waals surface area (Å²) in [5.41, 5.74) is 6.02. The van der Waals surface area contributed by atoms with Gasteiger partial charge in [0.15, 0.2) is 0 Å². The van der Waals surface area contributed by atoms with E-state index in [9.17, 15) is 10.2 Å². The van der Waals surface area contributed by atoms with Gasteiger partial charge in [-0.3, -0.25) is 9.98 Å². The molecular formula is C36H48N2NiO2. The van der Waals surface area contributed by atoms with Crippen molar-refractivity contribution in [1.29, 1.82) is 0 Å². The Morgan fingerprint density at radius 3 is 1.59 bits per heavy atom. The van der Waals surface area contributed by atoms with Gasteiger partial charge in [0, 0.05) is 0 Å². The van der Waals surface area contributed by atoms with Crippen molar-refractivity contribution >= 4 is 22.8 Å². The van der Waals surface area contributed by atoms with Gasteiger partial charge in [-0.2, -0.15) is 0 Å². The number of aryl methyl sites for hydroxylation is 1. The second-order valence-electron chi connectivity index (χ2n) is 10.3. The van der Waals surface area contributed by atoms with Crippen molar-refractivity contribution in [2.24, 2.45) is 9.98 Å². The average Bonchev–Trinajstić information content (AvgIpc) is 2.98. The first-order valence-corrected chi connectivity index (χ1v) is 15.2. The molecule has 0 radical (unpaired) electrons. The maximum atomic E-state index is 11.5. The van der Waals surface area contributed by atoms with Crippen LogP contribution >= 0.6 is 0 Å². The normalized spacial score (nSPS) is 11.4. The summed E-state index contributed by atoms with van der Waals surface area (Å²) in [5.74, 6) is -0.678. The minimum atomic E-state index is -0.373. The van der Waals surface area contributed by atoms with Crippen LogP contribution in [0.25, 0.3) is 0 Å². The molecule has 0 bridgehead atoms. The fourth-order valence-corrected chi connectivity index (χ4v) is 4.48. The molecule has 5 heteroatoms. The largest absolute Gasteiger partial charge is 2.00 e. The summed E-state index contributed by atoms with van der Waals surface area (Å²) in [4.78, 5) is 9.97. The molecule has 0 saturated carbocycles. The van der Waals surface area contributed by atoms with E-state index >= 15 is 0 Å². The van der Waals surface area contributed by atoms with Gasteiger partial charge < -0.3 is 10.2 Å². The van der Waals surface area contributed by atoms with E-state index in [-0.39, 0.29) is 28.0 Å². The van der Waals surface area contributed by atoms with E-state index in [2.05, 4.69) is 45.0 Å². The van der Waals surface area contributed by atoms with Gasteiger partial charge in [-0.1, -0.05) is 113 Å². The van der Waals surface area contributed by atoms with Gasteiger partial charge >= 0.3 is 16.5 Å². The summed E-state index contributed by atoms with van der Waals surface area (Å²) in [5, 5.41) is 22.6. The van der Waals surface area contributed by atoms with E-state index in [1.54, 1.807) is 6.07 Å². The predicted molar refractivity (Wildman–Crippen MR) is 169 cm³/mol. The zero-order valence-corrected chi connectivity index (χ0v) is 26.4. The molecule has 0 aliphatic heterocycles. The van der Waals surface area contributed by atoms with Crippen molar-refractivity contribution in [3.63, 3.8) is 0 Å². The van der Waals surface area contributed by atoms with Gasteiger partial charge in [-0.25, -0.2) is 0 Å². The van der Waals surface area contributed by atoms with Crippen molar-refractivity contribution in [3.05, 3.63) is 83.9 Å². The van der Waals surface area contributed by atoms with Gasteiger partial charge in [0.1, 0.15) is 0 Å². The topological polar surface area (TPSA) is 70.8 Å². The molecule has 0 heterocycles. The summed E-state index contributed by atoms with van der Waals surface area (Å²) < 4.78 is 0. The Hall–Kier alpha value is -2.91.